The van der Waals surface area contributed by atoms with E-state index in [-0.39, 0.29) is 6.10 Å². The number of nitrogens with zero attached hydrogens (tertiary/aromatic N) is 2. The van der Waals surface area contributed by atoms with Crippen LogP contribution in [0.2, 0.25) is 0 Å². The highest BCUT2D eigenvalue weighted by Gasteiger charge is 2.24. The molecule has 2 atom stereocenters. The van der Waals surface area contributed by atoms with E-state index in [2.05, 4.69) is 22.2 Å². The van der Waals surface area contributed by atoms with Crippen LogP contribution in [0.4, 0.5) is 5.95 Å². The minimum Gasteiger partial charge on any atom is -0.474 e. The number of aromatic nitrogens is 2. The summed E-state index contributed by atoms with van der Waals surface area (Å²) >= 11 is 0. The van der Waals surface area contributed by atoms with Crippen LogP contribution >= 0.6 is 0 Å². The number of para-hydroxylation sites is 1. The molecule has 0 spiro atoms. The molecule has 0 saturated heterocycles. The summed E-state index contributed by atoms with van der Waals surface area (Å²) in [5.41, 5.74) is 0.932. The predicted octanol–water partition coefficient (Wildman–Crippen LogP) is 4.02. The Labute approximate surface area is 125 Å². The summed E-state index contributed by atoms with van der Waals surface area (Å²) in [6.07, 6.45) is 5.20. The molecule has 4 nitrogen and oxygen atoms in total. The van der Waals surface area contributed by atoms with Crippen molar-refractivity contribution in [1.82, 2.24) is 9.97 Å². The average molecular weight is 285 g/mol. The number of hydrogen-bond acceptors (Lipinski definition) is 4. The Bertz CT molecular complexity index is 614. The maximum atomic E-state index is 6.28. The molecule has 1 N–H and O–H groups in total. The molecule has 4 heteroatoms. The van der Waals surface area contributed by atoms with Crippen molar-refractivity contribution in [2.45, 2.75) is 45.6 Å². The van der Waals surface area contributed by atoms with Gasteiger partial charge in [0.1, 0.15) is 6.10 Å². The Hall–Kier alpha value is -1.84. The standard InChI is InChI=1S/C17H23N3O/c1-3-18-17-19-14-10-6-5-9-13(14)16(20-17)21-15-11-7-4-8-12(15)2/h5-6,9-10,12,15H,3-4,7-8,11H2,1-2H3,(H,18,19,20). The summed E-state index contributed by atoms with van der Waals surface area (Å²) in [5.74, 6) is 1.96. The van der Waals surface area contributed by atoms with Gasteiger partial charge in [-0.1, -0.05) is 25.5 Å². The summed E-state index contributed by atoms with van der Waals surface area (Å²) in [4.78, 5) is 9.11. The number of hydrogen-bond donors (Lipinski definition) is 1. The van der Waals surface area contributed by atoms with Crippen LogP contribution in [0.25, 0.3) is 10.9 Å². The van der Waals surface area contributed by atoms with Crippen molar-refractivity contribution in [3.63, 3.8) is 0 Å². The zero-order valence-corrected chi connectivity index (χ0v) is 12.8. The first-order chi connectivity index (χ1) is 10.3. The molecule has 112 valence electrons. The Morgan fingerprint density at radius 1 is 1.19 bits per heavy atom. The third kappa shape index (κ3) is 3.09. The number of benzene rings is 1. The van der Waals surface area contributed by atoms with E-state index in [4.69, 9.17) is 4.74 Å². The van der Waals surface area contributed by atoms with Crippen LogP contribution in [0.1, 0.15) is 39.5 Å². The van der Waals surface area contributed by atoms with Crippen LogP contribution in [0.5, 0.6) is 5.88 Å². The quantitative estimate of drug-likeness (QED) is 0.921. The average Bonchev–Trinajstić information content (AvgIpc) is 2.50. The van der Waals surface area contributed by atoms with Crippen molar-refractivity contribution in [3.8, 4) is 5.88 Å². The second-order valence-electron chi connectivity index (χ2n) is 5.82. The Kier molecular flexibility index (Phi) is 4.23. The maximum Gasteiger partial charge on any atom is 0.226 e. The third-order valence-corrected chi connectivity index (χ3v) is 4.20. The molecule has 1 heterocycles. The lowest BCUT2D eigenvalue weighted by atomic mass is 9.88. The molecule has 0 radical (unpaired) electrons. The van der Waals surface area contributed by atoms with E-state index in [1.165, 1.54) is 19.3 Å². The van der Waals surface area contributed by atoms with Crippen LogP contribution in [0.15, 0.2) is 24.3 Å². The second kappa shape index (κ2) is 6.29. The fourth-order valence-corrected chi connectivity index (χ4v) is 2.98. The van der Waals surface area contributed by atoms with E-state index in [1.807, 2.05) is 31.2 Å². The van der Waals surface area contributed by atoms with E-state index in [1.54, 1.807) is 0 Å². The highest BCUT2D eigenvalue weighted by Crippen LogP contribution is 2.31. The van der Waals surface area contributed by atoms with Gasteiger partial charge >= 0.3 is 0 Å². The Balaban J connectivity index is 1.95. The fourth-order valence-electron chi connectivity index (χ4n) is 2.98. The first kappa shape index (κ1) is 14.1. The molecule has 3 rings (SSSR count). The number of rotatable bonds is 4. The Morgan fingerprint density at radius 3 is 2.81 bits per heavy atom. The van der Waals surface area contributed by atoms with Gasteiger partial charge < -0.3 is 10.1 Å². The minimum atomic E-state index is 0.270. The molecular formula is C17H23N3O. The van der Waals surface area contributed by atoms with E-state index in [0.717, 1.165) is 29.7 Å². The lowest BCUT2D eigenvalue weighted by molar-refractivity contribution is 0.0994. The molecule has 1 aliphatic carbocycles. The summed E-state index contributed by atoms with van der Waals surface area (Å²) in [6.45, 7) is 5.12. The molecule has 1 saturated carbocycles. The predicted molar refractivity (Wildman–Crippen MR) is 85.7 cm³/mol. The van der Waals surface area contributed by atoms with E-state index in [0.29, 0.717) is 11.9 Å². The van der Waals surface area contributed by atoms with Gasteiger partial charge in [0.25, 0.3) is 0 Å². The van der Waals surface area contributed by atoms with Gasteiger partial charge in [-0.2, -0.15) is 4.98 Å². The highest BCUT2D eigenvalue weighted by molar-refractivity contribution is 5.84. The Morgan fingerprint density at radius 2 is 2.00 bits per heavy atom. The van der Waals surface area contributed by atoms with E-state index < -0.39 is 0 Å². The van der Waals surface area contributed by atoms with Crippen molar-refractivity contribution >= 4 is 16.9 Å². The number of ether oxygens (including phenoxy) is 1. The van der Waals surface area contributed by atoms with Gasteiger partial charge in [-0.3, -0.25) is 0 Å². The van der Waals surface area contributed by atoms with Crippen LogP contribution < -0.4 is 10.1 Å². The van der Waals surface area contributed by atoms with Crippen LogP contribution in [-0.4, -0.2) is 22.6 Å². The molecule has 21 heavy (non-hydrogen) atoms. The van der Waals surface area contributed by atoms with Crippen molar-refractivity contribution in [2.24, 2.45) is 5.92 Å². The van der Waals surface area contributed by atoms with E-state index in [9.17, 15) is 0 Å². The van der Waals surface area contributed by atoms with Gasteiger partial charge in [0, 0.05) is 6.54 Å². The molecule has 1 aromatic carbocycles. The van der Waals surface area contributed by atoms with Gasteiger partial charge in [0.15, 0.2) is 0 Å². The molecule has 0 bridgehead atoms. The molecule has 2 unspecified atom stereocenters. The molecule has 1 fully saturated rings. The largest absolute Gasteiger partial charge is 0.474 e. The van der Waals surface area contributed by atoms with Crippen molar-refractivity contribution in [1.29, 1.82) is 0 Å². The lowest BCUT2D eigenvalue weighted by Gasteiger charge is -2.29. The summed E-state index contributed by atoms with van der Waals surface area (Å²) in [6, 6.07) is 8.05. The molecular weight excluding hydrogens is 262 g/mol. The van der Waals surface area contributed by atoms with Gasteiger partial charge in [-0.25, -0.2) is 4.98 Å². The third-order valence-electron chi connectivity index (χ3n) is 4.20. The molecule has 2 aromatic rings. The summed E-state index contributed by atoms with van der Waals surface area (Å²) in [5, 5.41) is 4.18. The first-order valence-electron chi connectivity index (χ1n) is 7.95. The van der Waals surface area contributed by atoms with Crippen molar-refractivity contribution in [3.05, 3.63) is 24.3 Å². The van der Waals surface area contributed by atoms with Crippen molar-refractivity contribution < 1.29 is 4.74 Å². The maximum absolute atomic E-state index is 6.28. The van der Waals surface area contributed by atoms with Crippen molar-refractivity contribution in [2.75, 3.05) is 11.9 Å². The number of fused-ring (bicyclic) bond motifs is 1. The van der Waals surface area contributed by atoms with Gasteiger partial charge in [-0.05, 0) is 44.2 Å². The lowest BCUT2D eigenvalue weighted by Crippen LogP contribution is -2.28. The fraction of sp³-hybridized carbons (Fsp3) is 0.529. The minimum absolute atomic E-state index is 0.270. The zero-order chi connectivity index (χ0) is 14.7. The molecule has 1 aliphatic rings. The van der Waals surface area contributed by atoms with Gasteiger partial charge in [-0.15, -0.1) is 0 Å². The topological polar surface area (TPSA) is 47.0 Å². The zero-order valence-electron chi connectivity index (χ0n) is 12.8. The number of nitrogens with one attached hydrogen (secondary N) is 1. The SMILES string of the molecule is CCNc1nc(OC2CCCCC2C)c2ccccc2n1. The normalized spacial score (nSPS) is 22.2. The molecule has 0 amide bonds. The van der Waals surface area contributed by atoms with Crippen LogP contribution in [0.3, 0.4) is 0 Å². The second-order valence-corrected chi connectivity index (χ2v) is 5.82. The molecule has 0 aliphatic heterocycles. The van der Waals surface area contributed by atoms with Crippen LogP contribution in [0, 0.1) is 5.92 Å². The number of anilines is 1. The van der Waals surface area contributed by atoms with Gasteiger partial charge in [0.2, 0.25) is 11.8 Å². The summed E-state index contributed by atoms with van der Waals surface area (Å²) < 4.78 is 6.28. The highest BCUT2D eigenvalue weighted by atomic mass is 16.5. The monoisotopic (exact) mass is 285 g/mol. The smallest absolute Gasteiger partial charge is 0.226 e. The summed E-state index contributed by atoms with van der Waals surface area (Å²) in [7, 11) is 0. The van der Waals surface area contributed by atoms with E-state index >= 15 is 0 Å². The first-order valence-corrected chi connectivity index (χ1v) is 7.95. The molecule has 1 aromatic heterocycles. The van der Waals surface area contributed by atoms with Crippen LogP contribution in [-0.2, 0) is 0 Å². The van der Waals surface area contributed by atoms with Gasteiger partial charge in [0.05, 0.1) is 10.9 Å².